The van der Waals surface area contributed by atoms with E-state index in [-0.39, 0.29) is 46.8 Å². The van der Waals surface area contributed by atoms with Crippen molar-refractivity contribution in [1.29, 1.82) is 5.26 Å². The van der Waals surface area contributed by atoms with Crippen LogP contribution >= 0.6 is 15.5 Å². The van der Waals surface area contributed by atoms with E-state index in [2.05, 4.69) is 20.3 Å². The van der Waals surface area contributed by atoms with Crippen molar-refractivity contribution >= 4 is 62.0 Å². The number of nitrogen functional groups attached to an aromatic ring is 2. The topological polar surface area (TPSA) is 395 Å². The van der Waals surface area contributed by atoms with Crippen molar-refractivity contribution in [2.24, 2.45) is 17.8 Å². The summed E-state index contributed by atoms with van der Waals surface area (Å²) in [5.41, 5.74) is 9.20. The van der Waals surface area contributed by atoms with Gasteiger partial charge in [0.1, 0.15) is 89.2 Å². The fourth-order valence-corrected chi connectivity index (χ4v) is 16.6. The molecule has 29 nitrogen and oxygen atoms in total. The summed E-state index contributed by atoms with van der Waals surface area (Å²) < 4.78 is 94.1. The van der Waals surface area contributed by atoms with Gasteiger partial charge in [-0.15, -0.1) is 0 Å². The molecule has 31 heteroatoms. The van der Waals surface area contributed by atoms with Crippen LogP contribution in [0, 0.1) is 29.1 Å². The van der Waals surface area contributed by atoms with Gasteiger partial charge in [0.15, 0.2) is 23.6 Å². The summed E-state index contributed by atoms with van der Waals surface area (Å²) in [6.45, 7) is 12.0. The second-order valence-corrected chi connectivity index (χ2v) is 29.3. The summed E-state index contributed by atoms with van der Waals surface area (Å²) in [4.78, 5) is 63.7. The summed E-state index contributed by atoms with van der Waals surface area (Å²) in [7, 11) is -9.26. The van der Waals surface area contributed by atoms with Gasteiger partial charge >= 0.3 is 39.4 Å². The molecule has 8 N–H and O–H groups in total. The van der Waals surface area contributed by atoms with E-state index in [4.69, 9.17) is 68.1 Å². The molecule has 2 bridgehead atoms. The summed E-state index contributed by atoms with van der Waals surface area (Å²) in [5, 5.41) is 47.6. The Morgan fingerprint density at radius 2 is 1.39 bits per heavy atom. The molecule has 6 heterocycles. The van der Waals surface area contributed by atoms with E-state index in [0.29, 0.717) is 48.2 Å². The molecule has 3 unspecified atom stereocenters. The van der Waals surface area contributed by atoms with Gasteiger partial charge in [-0.2, -0.15) is 25.6 Å². The molecule has 6 aromatic rings. The smallest absolute Gasteiger partial charge is 0.459 e. The minimum Gasteiger partial charge on any atom is -0.465 e. The maximum absolute atomic E-state index is 15.3. The predicted octanol–water partition coefficient (Wildman–Crippen LogP) is 6.53. The normalized spacial score (nSPS) is 31.0. The first-order valence-corrected chi connectivity index (χ1v) is 34.6. The molecule has 2 saturated heterocycles. The number of ether oxygens (including phenoxy) is 6. The quantitative estimate of drug-likeness (QED) is 0.0202. The number of nitrogens with zero attached hydrogens (tertiary/aromatic N) is 7. The van der Waals surface area contributed by atoms with Crippen LogP contribution in [0.1, 0.15) is 129 Å². The highest BCUT2D eigenvalue weighted by Crippen LogP contribution is 2.68. The van der Waals surface area contributed by atoms with Crippen LogP contribution in [0.15, 0.2) is 85.2 Å². The highest BCUT2D eigenvalue weighted by Gasteiger charge is 2.87. The summed E-state index contributed by atoms with van der Waals surface area (Å²) in [6, 6.07) is 20.9. The SMILES string of the molecule is CCOC(=O)[C@H](C)NP(=O)(Oc1ccc(C23CC(C2)C3)cc1)OC1[C@H]2O[C@@](C)(c3ccc4c(N)nc(C5CCC(OC(=O)[C@H](C)NP(=O)(OC[C@H]6O[C@@](C#N)(c7ccc8c(N)ncnn78)[C@H](O)[C@@H]6O)Oc6ccccc6)CC5)nn34)[C@H](OC(=O)C(C)C)[C@@]12OC(=O)C(C)C. The Labute approximate surface area is 540 Å². The Balaban J connectivity index is 0.750. The van der Waals surface area contributed by atoms with E-state index >= 15 is 4.57 Å². The monoisotopic (exact) mass is 1340 g/mol. The lowest BCUT2D eigenvalue weighted by Gasteiger charge is -2.62. The van der Waals surface area contributed by atoms with Crippen molar-refractivity contribution < 1.29 is 85.0 Å². The lowest BCUT2D eigenvalue weighted by atomic mass is 9.42. The molecule has 5 aliphatic carbocycles. The van der Waals surface area contributed by atoms with Crippen molar-refractivity contribution in [3.05, 3.63) is 108 Å². The number of anilines is 2. The molecule has 7 fully saturated rings. The third-order valence-electron chi connectivity index (χ3n) is 18.7. The minimum absolute atomic E-state index is 0.0337. The third-order valence-corrected chi connectivity index (χ3v) is 22.0. The molecule has 2 aliphatic heterocycles. The number of benzene rings is 2. The maximum Gasteiger partial charge on any atom is 0.459 e. The van der Waals surface area contributed by atoms with E-state index in [1.54, 1.807) is 84.0 Å². The Morgan fingerprint density at radius 1 is 0.766 bits per heavy atom. The van der Waals surface area contributed by atoms with Crippen molar-refractivity contribution in [2.45, 2.75) is 183 Å². The largest absolute Gasteiger partial charge is 0.465 e. The molecule has 2 aromatic carbocycles. The van der Waals surface area contributed by atoms with Crippen molar-refractivity contribution in [1.82, 2.24) is 39.4 Å². The Hall–Kier alpha value is -7.61. The number of carbonyl (C=O) groups is 4. The fraction of sp³-hybridized carbons (Fsp3) is 0.540. The zero-order valence-electron chi connectivity index (χ0n) is 53.1. The highest BCUT2D eigenvalue weighted by molar-refractivity contribution is 7.52. The number of fused-ring (bicyclic) bond motifs is 3. The standard InChI is InChI=1S/C63H77N11O18P2/c1-9-83-57(79)35(6)72-94(82,91-42-21-17-39(18-22-42)61-27-37(28-61)29-61)92-51-50-63(51,89-56(78)34(4)5)59(86-55(77)33(2)3)60(8,88-50)46-25-23-44-53(66)69-54(70-74(44)46)38-15-19-40(20-16-38)85-58(80)36(7)71-93(81,90-41-13-11-10-12-14-41)84-30-45-48(75)49(76)62(31-64,87-45)47-26-24-43-52(65)67-32-68-73(43)47/h10-14,17-18,21-26,32-38,40,45,48-51,59,75-76H,9,15-16,19-20,27-30H2,1-8H3,(H,71,81)(H,72,82)(H2,65,67,68)(H2,66,69,70)/t35-,36-,37?,38?,40?,45+,48+,49+,50+,51?,59-,60-,61?,62-,63-,93?,94?/m0/s1. The Kier molecular flexibility index (Phi) is 17.8. The van der Waals surface area contributed by atoms with E-state index in [9.17, 15) is 39.2 Å². The number of nitrogens with one attached hydrogen (secondary N) is 2. The second kappa shape index (κ2) is 25.2. The lowest BCUT2D eigenvalue weighted by molar-refractivity contribution is -0.192. The number of esters is 4. The van der Waals surface area contributed by atoms with Crippen molar-refractivity contribution in [2.75, 3.05) is 24.7 Å². The van der Waals surface area contributed by atoms with E-state index in [1.807, 2.05) is 18.2 Å². The summed E-state index contributed by atoms with van der Waals surface area (Å²) in [5.74, 6) is -3.15. The molecule has 502 valence electrons. The van der Waals surface area contributed by atoms with Crippen LogP contribution in [0.2, 0.25) is 0 Å². The van der Waals surface area contributed by atoms with Gasteiger partial charge in [0.05, 0.1) is 36.4 Å². The van der Waals surface area contributed by atoms with Crippen molar-refractivity contribution in [3.8, 4) is 17.6 Å². The molecule has 94 heavy (non-hydrogen) atoms. The fourth-order valence-electron chi connectivity index (χ4n) is 13.4. The number of nitrogens with two attached hydrogens (primary N) is 2. The number of aromatic nitrogens is 6. The van der Waals surface area contributed by atoms with Crippen molar-refractivity contribution in [3.63, 3.8) is 0 Å². The molecule has 5 saturated carbocycles. The molecular formula is C63H77N11O18P2. The van der Waals surface area contributed by atoms with Crippen LogP contribution in [-0.2, 0) is 82.4 Å². The van der Waals surface area contributed by atoms with Gasteiger partial charge in [-0.3, -0.25) is 28.2 Å². The third kappa shape index (κ3) is 12.0. The number of rotatable bonds is 25. The highest BCUT2D eigenvalue weighted by atomic mass is 31.2. The molecular weight excluding hydrogens is 1260 g/mol. The van der Waals surface area contributed by atoms with Crippen LogP contribution in [0.3, 0.4) is 0 Å². The molecule has 0 radical (unpaired) electrons. The van der Waals surface area contributed by atoms with Gasteiger partial charge in [-0.05, 0) is 138 Å². The number of nitriles is 1. The van der Waals surface area contributed by atoms with E-state index < -0.39 is 129 Å². The summed E-state index contributed by atoms with van der Waals surface area (Å²) >= 11 is 0. The van der Waals surface area contributed by atoms with Gasteiger partial charge in [0, 0.05) is 5.92 Å². The molecule has 0 spiro atoms. The maximum atomic E-state index is 15.3. The average Bonchev–Trinajstić information content (AvgIpc) is 1.47. The zero-order valence-corrected chi connectivity index (χ0v) is 54.8. The number of aliphatic hydroxyl groups excluding tert-OH is 2. The van der Waals surface area contributed by atoms with Crippen LogP contribution in [-0.4, -0.2) is 137 Å². The first-order chi connectivity index (χ1) is 44.7. The van der Waals surface area contributed by atoms with Gasteiger partial charge in [0.2, 0.25) is 11.2 Å². The van der Waals surface area contributed by atoms with Gasteiger partial charge < -0.3 is 59.1 Å². The predicted molar refractivity (Wildman–Crippen MR) is 332 cm³/mol. The molecule has 0 amide bonds. The lowest BCUT2D eigenvalue weighted by Crippen LogP contribution is -2.55. The molecule has 4 aromatic heterocycles. The van der Waals surface area contributed by atoms with E-state index in [0.717, 1.165) is 37.1 Å². The summed E-state index contributed by atoms with van der Waals surface area (Å²) in [6.07, 6.45) is -3.86. The van der Waals surface area contributed by atoms with Gasteiger partial charge in [0.25, 0.3) is 0 Å². The van der Waals surface area contributed by atoms with Crippen LogP contribution in [0.4, 0.5) is 11.6 Å². The van der Waals surface area contributed by atoms with Gasteiger partial charge in [-0.25, -0.2) is 28.1 Å². The Bertz CT molecular complexity index is 4010. The second-order valence-electron chi connectivity index (χ2n) is 26.0. The molecule has 13 atom stereocenters. The number of hydrogen-bond donors (Lipinski definition) is 6. The number of carbonyl (C=O) groups excluding carboxylic acids is 4. The average molecular weight is 1340 g/mol. The van der Waals surface area contributed by atoms with Crippen LogP contribution < -0.4 is 30.7 Å². The van der Waals surface area contributed by atoms with Crippen LogP contribution in [0.25, 0.3) is 11.0 Å². The number of aliphatic hydroxyl groups is 2. The molecule has 7 aliphatic rings. The minimum atomic E-state index is -4.67. The Morgan fingerprint density at radius 3 is 2.03 bits per heavy atom. The number of hydrogen-bond acceptors (Lipinski definition) is 25. The first kappa shape index (κ1) is 66.4. The first-order valence-electron chi connectivity index (χ1n) is 31.5. The number of para-hydroxylation sites is 1. The van der Waals surface area contributed by atoms with Gasteiger partial charge in [-0.1, -0.05) is 58.0 Å². The van der Waals surface area contributed by atoms with E-state index in [1.165, 1.54) is 47.1 Å². The zero-order chi connectivity index (χ0) is 67.0. The van der Waals surface area contributed by atoms with Crippen LogP contribution in [0.5, 0.6) is 11.5 Å². The molecule has 13 rings (SSSR count).